The van der Waals surface area contributed by atoms with Crippen LogP contribution in [0.25, 0.3) is 0 Å². The van der Waals surface area contributed by atoms with Gasteiger partial charge in [-0.15, -0.1) is 16.4 Å². The van der Waals surface area contributed by atoms with Crippen molar-refractivity contribution in [2.75, 3.05) is 31.1 Å². The van der Waals surface area contributed by atoms with E-state index in [2.05, 4.69) is 63.9 Å². The summed E-state index contributed by atoms with van der Waals surface area (Å²) >= 11 is 7.97. The number of nitrogens with zero attached hydrogens (tertiary/aromatic N) is 5. The van der Waals surface area contributed by atoms with Crippen molar-refractivity contribution in [1.82, 2.24) is 20.2 Å². The summed E-state index contributed by atoms with van der Waals surface area (Å²) in [5.74, 6) is 0.998. The van der Waals surface area contributed by atoms with Gasteiger partial charge in [-0.25, -0.2) is 4.68 Å². The molecule has 0 saturated carbocycles. The van der Waals surface area contributed by atoms with Gasteiger partial charge in [-0.3, -0.25) is 0 Å². The average Bonchev–Trinajstić information content (AvgIpc) is 3.38. The number of hydrogen-bond donors (Lipinski definition) is 1. The van der Waals surface area contributed by atoms with Crippen LogP contribution in [-0.4, -0.2) is 46.4 Å². The second-order valence-electron chi connectivity index (χ2n) is 7.31. The first kappa shape index (κ1) is 19.4. The standard InChI is InChI=1S/C20H25ClN6S/c1-3-18(20-22-23-24-27(20)14-17-5-4-12-28-17)25-8-10-26(11-9-25)19-13-16(21)7-6-15(19)2/h4-7,12-13,18H,3,8-11,14H2,1-2H3/p+1/t18-/m0/s1. The first-order chi connectivity index (χ1) is 13.7. The monoisotopic (exact) mass is 417 g/mol. The summed E-state index contributed by atoms with van der Waals surface area (Å²) in [7, 11) is 0. The number of benzene rings is 1. The molecule has 0 bridgehead atoms. The third-order valence-corrected chi connectivity index (χ3v) is 6.67. The topological polar surface area (TPSA) is 51.3 Å². The summed E-state index contributed by atoms with van der Waals surface area (Å²) in [6, 6.07) is 10.7. The molecule has 0 amide bonds. The summed E-state index contributed by atoms with van der Waals surface area (Å²) in [6.45, 7) is 9.29. The Kier molecular flexibility index (Phi) is 5.94. The predicted molar refractivity (Wildman–Crippen MR) is 113 cm³/mol. The summed E-state index contributed by atoms with van der Waals surface area (Å²) in [6.07, 6.45) is 1.02. The maximum absolute atomic E-state index is 6.22. The minimum Gasteiger partial charge on any atom is -0.360 e. The number of nitrogens with one attached hydrogen (secondary N) is 1. The number of thiophene rings is 1. The molecule has 3 heterocycles. The Labute approximate surface area is 174 Å². The fourth-order valence-corrected chi connectivity index (χ4v) is 4.94. The first-order valence-electron chi connectivity index (χ1n) is 9.80. The van der Waals surface area contributed by atoms with E-state index < -0.39 is 0 Å². The van der Waals surface area contributed by atoms with Crippen LogP contribution >= 0.6 is 22.9 Å². The molecule has 8 heteroatoms. The Morgan fingerprint density at radius 3 is 2.79 bits per heavy atom. The van der Waals surface area contributed by atoms with Gasteiger partial charge in [-0.2, -0.15) is 0 Å². The van der Waals surface area contributed by atoms with E-state index in [4.69, 9.17) is 11.6 Å². The number of tetrazole rings is 1. The van der Waals surface area contributed by atoms with Gasteiger partial charge in [0.25, 0.3) is 0 Å². The van der Waals surface area contributed by atoms with Crippen LogP contribution in [0.4, 0.5) is 5.69 Å². The van der Waals surface area contributed by atoms with E-state index in [-0.39, 0.29) is 0 Å². The summed E-state index contributed by atoms with van der Waals surface area (Å²) < 4.78 is 1.97. The van der Waals surface area contributed by atoms with Crippen molar-refractivity contribution in [1.29, 1.82) is 0 Å². The second kappa shape index (κ2) is 8.59. The van der Waals surface area contributed by atoms with Crippen LogP contribution < -0.4 is 9.80 Å². The Morgan fingerprint density at radius 1 is 1.25 bits per heavy atom. The lowest BCUT2D eigenvalue weighted by molar-refractivity contribution is -0.933. The molecule has 1 saturated heterocycles. The van der Waals surface area contributed by atoms with Crippen molar-refractivity contribution in [2.45, 2.75) is 32.9 Å². The number of anilines is 1. The molecule has 1 N–H and O–H groups in total. The lowest BCUT2D eigenvalue weighted by Gasteiger charge is -2.37. The van der Waals surface area contributed by atoms with Crippen LogP contribution in [0.3, 0.4) is 0 Å². The van der Waals surface area contributed by atoms with Crippen LogP contribution in [0, 0.1) is 6.92 Å². The van der Waals surface area contributed by atoms with E-state index in [1.54, 1.807) is 16.2 Å². The maximum atomic E-state index is 6.22. The van der Waals surface area contributed by atoms with Crippen molar-refractivity contribution in [3.05, 3.63) is 57.0 Å². The van der Waals surface area contributed by atoms with Gasteiger partial charge in [-0.05, 0) is 46.5 Å². The van der Waals surface area contributed by atoms with E-state index in [9.17, 15) is 0 Å². The van der Waals surface area contributed by atoms with Gasteiger partial charge in [0.1, 0.15) is 6.04 Å². The van der Waals surface area contributed by atoms with E-state index in [1.807, 2.05) is 10.7 Å². The van der Waals surface area contributed by atoms with Gasteiger partial charge < -0.3 is 9.80 Å². The van der Waals surface area contributed by atoms with Gasteiger partial charge in [0.15, 0.2) is 0 Å². The van der Waals surface area contributed by atoms with Crippen LogP contribution in [0.15, 0.2) is 35.7 Å². The van der Waals surface area contributed by atoms with E-state index >= 15 is 0 Å². The summed E-state index contributed by atoms with van der Waals surface area (Å²) in [5.41, 5.74) is 2.53. The Morgan fingerprint density at radius 2 is 2.07 bits per heavy atom. The molecule has 28 heavy (non-hydrogen) atoms. The number of quaternary nitrogens is 1. The molecular formula is C20H26ClN6S+. The highest BCUT2D eigenvalue weighted by atomic mass is 35.5. The van der Waals surface area contributed by atoms with Crippen LogP contribution in [-0.2, 0) is 6.54 Å². The number of rotatable bonds is 6. The molecule has 1 aliphatic heterocycles. The number of halogens is 1. The fraction of sp³-hybridized carbons (Fsp3) is 0.450. The fourth-order valence-electron chi connectivity index (χ4n) is 4.08. The van der Waals surface area contributed by atoms with Crippen LogP contribution in [0.2, 0.25) is 5.02 Å². The zero-order valence-electron chi connectivity index (χ0n) is 16.3. The molecule has 6 nitrogen and oxygen atoms in total. The van der Waals surface area contributed by atoms with Gasteiger partial charge >= 0.3 is 0 Å². The molecule has 148 valence electrons. The van der Waals surface area contributed by atoms with Crippen LogP contribution in [0.5, 0.6) is 0 Å². The van der Waals surface area contributed by atoms with Crippen molar-refractivity contribution in [3.63, 3.8) is 0 Å². The molecule has 0 spiro atoms. The maximum Gasteiger partial charge on any atom is 0.209 e. The third kappa shape index (κ3) is 4.06. The highest BCUT2D eigenvalue weighted by molar-refractivity contribution is 7.09. The Bertz CT molecular complexity index is 901. The average molecular weight is 418 g/mol. The normalized spacial score (nSPS) is 16.5. The predicted octanol–water partition coefficient (Wildman–Crippen LogP) is 2.60. The number of hydrogen-bond acceptors (Lipinski definition) is 5. The molecule has 2 aromatic heterocycles. The number of aryl methyl sites for hydroxylation is 1. The quantitative estimate of drug-likeness (QED) is 0.669. The molecule has 4 rings (SSSR count). The SMILES string of the molecule is CC[C@@H](c1nnnn1Cc1cccs1)[NH+]1CCN(c2cc(Cl)ccc2C)CC1. The Hall–Kier alpha value is -1.96. The second-order valence-corrected chi connectivity index (χ2v) is 8.78. The molecule has 1 atom stereocenters. The Balaban J connectivity index is 1.46. The number of aromatic nitrogens is 4. The van der Waals surface area contributed by atoms with Crippen molar-refractivity contribution in [3.8, 4) is 0 Å². The highest BCUT2D eigenvalue weighted by Crippen LogP contribution is 2.24. The lowest BCUT2D eigenvalue weighted by atomic mass is 10.1. The van der Waals surface area contributed by atoms with Crippen molar-refractivity contribution < 1.29 is 4.90 Å². The molecule has 3 aromatic rings. The van der Waals surface area contributed by atoms with E-state index in [0.29, 0.717) is 6.04 Å². The third-order valence-electron chi connectivity index (χ3n) is 5.58. The van der Waals surface area contributed by atoms with Gasteiger partial charge in [0.2, 0.25) is 5.82 Å². The number of piperazine rings is 1. The molecule has 0 aliphatic carbocycles. The van der Waals surface area contributed by atoms with Gasteiger partial charge in [0, 0.05) is 22.0 Å². The largest absolute Gasteiger partial charge is 0.360 e. The first-order valence-corrected chi connectivity index (χ1v) is 11.1. The molecule has 1 aliphatic rings. The lowest BCUT2D eigenvalue weighted by Crippen LogP contribution is -3.15. The zero-order valence-corrected chi connectivity index (χ0v) is 17.9. The minimum atomic E-state index is 0.317. The zero-order chi connectivity index (χ0) is 19.5. The van der Waals surface area contributed by atoms with E-state index in [1.165, 1.54) is 16.1 Å². The van der Waals surface area contributed by atoms with E-state index in [0.717, 1.165) is 50.0 Å². The molecular weight excluding hydrogens is 392 g/mol. The molecule has 1 aromatic carbocycles. The van der Waals surface area contributed by atoms with Gasteiger partial charge in [0.05, 0.1) is 32.7 Å². The van der Waals surface area contributed by atoms with Crippen molar-refractivity contribution in [2.24, 2.45) is 0 Å². The molecule has 1 fully saturated rings. The minimum absolute atomic E-state index is 0.317. The summed E-state index contributed by atoms with van der Waals surface area (Å²) in [5, 5.41) is 15.5. The molecule has 0 radical (unpaired) electrons. The van der Waals surface area contributed by atoms with Crippen molar-refractivity contribution >= 4 is 28.6 Å². The van der Waals surface area contributed by atoms with Gasteiger partial charge in [-0.1, -0.05) is 30.7 Å². The van der Waals surface area contributed by atoms with Crippen LogP contribution in [0.1, 0.15) is 35.7 Å². The molecule has 0 unspecified atom stereocenters. The summed E-state index contributed by atoms with van der Waals surface area (Å²) in [4.78, 5) is 5.28. The highest BCUT2D eigenvalue weighted by Gasteiger charge is 2.31. The smallest absolute Gasteiger partial charge is 0.209 e.